The Morgan fingerprint density at radius 2 is 2.04 bits per heavy atom. The van der Waals surface area contributed by atoms with Gasteiger partial charge in [0.2, 0.25) is 5.82 Å². The van der Waals surface area contributed by atoms with Crippen molar-refractivity contribution >= 4 is 17.2 Å². The molecule has 0 aliphatic rings. The van der Waals surface area contributed by atoms with Crippen molar-refractivity contribution in [1.29, 1.82) is 0 Å². The van der Waals surface area contributed by atoms with E-state index in [0.29, 0.717) is 28.1 Å². The molecule has 6 nitrogen and oxygen atoms in total. The van der Waals surface area contributed by atoms with Crippen molar-refractivity contribution in [2.24, 2.45) is 0 Å². The molecule has 126 valence electrons. The maximum absolute atomic E-state index is 6.13. The Hall–Kier alpha value is -2.86. The molecular weight excluding hydrogens is 340 g/mol. The van der Waals surface area contributed by atoms with Gasteiger partial charge < -0.3 is 13.7 Å². The van der Waals surface area contributed by atoms with Gasteiger partial charge in [0.15, 0.2) is 0 Å². The first kappa shape index (κ1) is 15.7. The molecular formula is C18H15ClN4O2. The number of fused-ring (bicyclic) bond motifs is 1. The number of ether oxygens (including phenoxy) is 1. The fraction of sp³-hybridized carbons (Fsp3) is 0.167. The first-order valence-electron chi connectivity index (χ1n) is 7.84. The van der Waals surface area contributed by atoms with Gasteiger partial charge in [0.1, 0.15) is 11.4 Å². The zero-order chi connectivity index (χ0) is 17.4. The van der Waals surface area contributed by atoms with Crippen LogP contribution in [-0.4, -0.2) is 25.6 Å². The molecule has 1 aromatic carbocycles. The van der Waals surface area contributed by atoms with E-state index in [1.807, 2.05) is 42.8 Å². The Bertz CT molecular complexity index is 1040. The minimum atomic E-state index is 0.0148. The van der Waals surface area contributed by atoms with E-state index >= 15 is 0 Å². The van der Waals surface area contributed by atoms with E-state index < -0.39 is 0 Å². The number of nitrogens with zero attached hydrogens (tertiary/aromatic N) is 4. The summed E-state index contributed by atoms with van der Waals surface area (Å²) in [4.78, 5) is 8.86. The van der Waals surface area contributed by atoms with Gasteiger partial charge in [-0.2, -0.15) is 4.98 Å². The van der Waals surface area contributed by atoms with Crippen LogP contribution in [0, 0.1) is 0 Å². The molecule has 0 saturated heterocycles. The fourth-order valence-electron chi connectivity index (χ4n) is 2.59. The predicted molar refractivity (Wildman–Crippen MR) is 94.7 cm³/mol. The molecule has 0 saturated carbocycles. The van der Waals surface area contributed by atoms with Crippen LogP contribution in [-0.2, 0) is 0 Å². The molecule has 0 aliphatic heterocycles. The molecule has 0 aliphatic carbocycles. The molecule has 0 unspecified atom stereocenters. The SMILES string of the molecule is CC(C)Oc1ccc(Cl)cc1-c1nc(-c2cccn3ccnc23)no1. The van der Waals surface area contributed by atoms with Gasteiger partial charge in [0, 0.05) is 23.6 Å². The summed E-state index contributed by atoms with van der Waals surface area (Å²) in [5.74, 6) is 1.46. The second kappa shape index (κ2) is 6.22. The Morgan fingerprint density at radius 3 is 2.88 bits per heavy atom. The molecule has 0 N–H and O–H groups in total. The molecule has 0 spiro atoms. The van der Waals surface area contributed by atoms with E-state index in [9.17, 15) is 0 Å². The summed E-state index contributed by atoms with van der Waals surface area (Å²) < 4.78 is 13.2. The van der Waals surface area contributed by atoms with Crippen molar-refractivity contribution in [2.75, 3.05) is 0 Å². The second-order valence-electron chi connectivity index (χ2n) is 5.81. The first-order valence-corrected chi connectivity index (χ1v) is 8.22. The zero-order valence-corrected chi connectivity index (χ0v) is 14.4. The van der Waals surface area contributed by atoms with Crippen molar-refractivity contribution in [3.05, 3.63) is 53.9 Å². The smallest absolute Gasteiger partial charge is 0.262 e. The standard InChI is InChI=1S/C18H15ClN4O2/c1-11(2)24-15-6-5-12(19)10-14(15)18-21-16(22-25-18)13-4-3-8-23-9-7-20-17(13)23/h3-11H,1-2H3. The lowest BCUT2D eigenvalue weighted by atomic mass is 10.2. The number of aromatic nitrogens is 4. The Labute approximate surface area is 149 Å². The number of hydrogen-bond acceptors (Lipinski definition) is 5. The topological polar surface area (TPSA) is 65.5 Å². The summed E-state index contributed by atoms with van der Waals surface area (Å²) in [6.45, 7) is 3.91. The van der Waals surface area contributed by atoms with E-state index in [1.54, 1.807) is 24.4 Å². The summed E-state index contributed by atoms with van der Waals surface area (Å²) in [7, 11) is 0. The average molecular weight is 355 g/mol. The highest BCUT2D eigenvalue weighted by Gasteiger charge is 2.18. The van der Waals surface area contributed by atoms with Gasteiger partial charge in [-0.15, -0.1) is 0 Å². The van der Waals surface area contributed by atoms with Crippen LogP contribution in [0.2, 0.25) is 5.02 Å². The number of pyridine rings is 1. The van der Waals surface area contributed by atoms with Crippen molar-refractivity contribution in [1.82, 2.24) is 19.5 Å². The Kier molecular flexibility index (Phi) is 3.89. The van der Waals surface area contributed by atoms with Gasteiger partial charge in [-0.3, -0.25) is 0 Å². The number of imidazole rings is 1. The van der Waals surface area contributed by atoms with E-state index in [2.05, 4.69) is 15.1 Å². The Morgan fingerprint density at radius 1 is 1.16 bits per heavy atom. The van der Waals surface area contributed by atoms with Crippen LogP contribution in [0.3, 0.4) is 0 Å². The van der Waals surface area contributed by atoms with Gasteiger partial charge in [0.05, 0.1) is 17.2 Å². The van der Waals surface area contributed by atoms with Crippen molar-refractivity contribution in [2.45, 2.75) is 20.0 Å². The maximum Gasteiger partial charge on any atom is 0.262 e. The lowest BCUT2D eigenvalue weighted by molar-refractivity contribution is 0.242. The van der Waals surface area contributed by atoms with E-state index in [4.69, 9.17) is 20.9 Å². The first-order chi connectivity index (χ1) is 12.1. The van der Waals surface area contributed by atoms with Crippen LogP contribution in [0.5, 0.6) is 5.75 Å². The number of rotatable bonds is 4. The van der Waals surface area contributed by atoms with Crippen LogP contribution in [0.25, 0.3) is 28.5 Å². The van der Waals surface area contributed by atoms with Gasteiger partial charge >= 0.3 is 0 Å². The minimum absolute atomic E-state index is 0.0148. The van der Waals surface area contributed by atoms with E-state index in [1.165, 1.54) is 0 Å². The average Bonchev–Trinajstić information content (AvgIpc) is 3.24. The van der Waals surface area contributed by atoms with Crippen molar-refractivity contribution in [3.8, 4) is 28.6 Å². The van der Waals surface area contributed by atoms with E-state index in [0.717, 1.165) is 11.2 Å². The number of benzene rings is 1. The zero-order valence-electron chi connectivity index (χ0n) is 13.7. The maximum atomic E-state index is 6.13. The molecule has 7 heteroatoms. The molecule has 0 fully saturated rings. The lowest BCUT2D eigenvalue weighted by Gasteiger charge is -2.12. The summed E-state index contributed by atoms with van der Waals surface area (Å²) in [5.41, 5.74) is 2.21. The van der Waals surface area contributed by atoms with Crippen molar-refractivity contribution < 1.29 is 9.26 Å². The molecule has 0 radical (unpaired) electrons. The third-order valence-corrected chi connectivity index (χ3v) is 3.86. The highest BCUT2D eigenvalue weighted by molar-refractivity contribution is 6.30. The molecule has 0 amide bonds. The number of halogens is 1. The fourth-order valence-corrected chi connectivity index (χ4v) is 2.76. The van der Waals surface area contributed by atoms with Gasteiger partial charge in [-0.05, 0) is 44.2 Å². The lowest BCUT2D eigenvalue weighted by Crippen LogP contribution is -2.06. The molecule has 3 aromatic heterocycles. The molecule has 0 atom stereocenters. The van der Waals surface area contributed by atoms with Crippen LogP contribution in [0.1, 0.15) is 13.8 Å². The molecule has 0 bridgehead atoms. The third kappa shape index (κ3) is 2.96. The Balaban J connectivity index is 1.80. The summed E-state index contributed by atoms with van der Waals surface area (Å²) in [6.07, 6.45) is 5.52. The summed E-state index contributed by atoms with van der Waals surface area (Å²) in [5, 5.41) is 4.67. The third-order valence-electron chi connectivity index (χ3n) is 3.62. The summed E-state index contributed by atoms with van der Waals surface area (Å²) in [6, 6.07) is 9.14. The van der Waals surface area contributed by atoms with Crippen LogP contribution in [0.4, 0.5) is 0 Å². The highest BCUT2D eigenvalue weighted by Crippen LogP contribution is 2.33. The number of hydrogen-bond donors (Lipinski definition) is 0. The molecule has 4 aromatic rings. The van der Waals surface area contributed by atoms with Crippen LogP contribution in [0.15, 0.2) is 53.4 Å². The second-order valence-corrected chi connectivity index (χ2v) is 6.25. The normalized spacial score (nSPS) is 11.4. The monoisotopic (exact) mass is 354 g/mol. The summed E-state index contributed by atoms with van der Waals surface area (Å²) >= 11 is 6.13. The van der Waals surface area contributed by atoms with Crippen molar-refractivity contribution in [3.63, 3.8) is 0 Å². The van der Waals surface area contributed by atoms with Gasteiger partial charge in [0.25, 0.3) is 5.89 Å². The molecule has 3 heterocycles. The largest absolute Gasteiger partial charge is 0.490 e. The van der Waals surface area contributed by atoms with Gasteiger partial charge in [-0.1, -0.05) is 16.8 Å². The quantitative estimate of drug-likeness (QED) is 0.540. The molecule has 4 rings (SSSR count). The molecule has 25 heavy (non-hydrogen) atoms. The van der Waals surface area contributed by atoms with E-state index in [-0.39, 0.29) is 6.10 Å². The van der Waals surface area contributed by atoms with Crippen LogP contribution >= 0.6 is 11.6 Å². The predicted octanol–water partition coefficient (Wildman–Crippen LogP) is 4.49. The van der Waals surface area contributed by atoms with Gasteiger partial charge in [-0.25, -0.2) is 4.98 Å². The van der Waals surface area contributed by atoms with Crippen LogP contribution < -0.4 is 4.74 Å². The highest BCUT2D eigenvalue weighted by atomic mass is 35.5. The minimum Gasteiger partial charge on any atom is -0.490 e.